The van der Waals surface area contributed by atoms with Gasteiger partial charge in [0.25, 0.3) is 0 Å². The second-order valence-corrected chi connectivity index (χ2v) is 14.0. The van der Waals surface area contributed by atoms with Gasteiger partial charge in [0.15, 0.2) is 0 Å². The van der Waals surface area contributed by atoms with Crippen LogP contribution < -0.4 is 5.73 Å². The summed E-state index contributed by atoms with van der Waals surface area (Å²) in [4.78, 5) is 24.9. The minimum atomic E-state index is -0.971. The van der Waals surface area contributed by atoms with Gasteiger partial charge in [0.1, 0.15) is 6.10 Å². The molecular weight excluding hydrogens is 482 g/mol. The molecule has 0 aromatic heterocycles. The Morgan fingerprint density at radius 2 is 1.71 bits per heavy atom. The first-order valence-electron chi connectivity index (χ1n) is 14.4. The molecule has 0 spiro atoms. The van der Waals surface area contributed by atoms with Gasteiger partial charge in [0.05, 0.1) is 12.2 Å². The van der Waals surface area contributed by atoms with Gasteiger partial charge >= 0.3 is 11.9 Å². The highest BCUT2D eigenvalue weighted by Crippen LogP contribution is 2.74. The van der Waals surface area contributed by atoms with Crippen molar-refractivity contribution in [1.82, 2.24) is 0 Å². The molecule has 0 radical (unpaired) electrons. The highest BCUT2D eigenvalue weighted by molar-refractivity contribution is 5.88. The van der Waals surface area contributed by atoms with Crippen LogP contribution in [0.3, 0.4) is 0 Å². The molecule has 4 aliphatic carbocycles. The van der Waals surface area contributed by atoms with Crippen LogP contribution in [0.1, 0.15) is 99.8 Å². The minimum absolute atomic E-state index is 0.0540. The van der Waals surface area contributed by atoms with Crippen molar-refractivity contribution < 1.29 is 29.6 Å². The van der Waals surface area contributed by atoms with Crippen LogP contribution in [0.2, 0.25) is 0 Å². The molecule has 0 bridgehead atoms. The van der Waals surface area contributed by atoms with Gasteiger partial charge in [-0.25, -0.2) is 4.79 Å². The molecule has 214 valence electrons. The fourth-order valence-corrected chi connectivity index (χ4v) is 9.91. The number of carbonyl (C=O) groups excluding carboxylic acids is 1. The third kappa shape index (κ3) is 4.28. The molecule has 0 aromatic rings. The van der Waals surface area contributed by atoms with Crippen molar-refractivity contribution in [3.05, 3.63) is 22.8 Å². The fraction of sp³-hybridized carbons (Fsp3) is 0.806. The lowest BCUT2D eigenvalue weighted by Gasteiger charge is -2.70. The lowest BCUT2D eigenvalue weighted by atomic mass is 9.36. The highest BCUT2D eigenvalue weighted by atomic mass is 16.5. The van der Waals surface area contributed by atoms with Crippen LogP contribution in [-0.2, 0) is 14.3 Å². The van der Waals surface area contributed by atoms with Gasteiger partial charge in [-0.05, 0) is 112 Å². The van der Waals surface area contributed by atoms with E-state index < -0.39 is 35.8 Å². The summed E-state index contributed by atoms with van der Waals surface area (Å²) in [5.41, 5.74) is 7.27. The Labute approximate surface area is 227 Å². The maximum Gasteiger partial charge on any atom is 0.331 e. The molecule has 10 atom stereocenters. The summed E-state index contributed by atoms with van der Waals surface area (Å²) in [6.45, 7) is 14.1. The maximum absolute atomic E-state index is 12.6. The van der Waals surface area contributed by atoms with Gasteiger partial charge in [-0.2, -0.15) is 0 Å². The van der Waals surface area contributed by atoms with E-state index in [-0.39, 0.29) is 34.0 Å². The number of hydrogen-bond donors (Lipinski definition) is 4. The van der Waals surface area contributed by atoms with Crippen LogP contribution in [0.25, 0.3) is 0 Å². The Balaban J connectivity index is 1.83. The van der Waals surface area contributed by atoms with Crippen molar-refractivity contribution in [3.63, 3.8) is 0 Å². The van der Waals surface area contributed by atoms with E-state index in [0.29, 0.717) is 43.3 Å². The molecule has 7 nitrogen and oxygen atoms in total. The van der Waals surface area contributed by atoms with Crippen molar-refractivity contribution in [2.24, 2.45) is 39.7 Å². The normalized spacial score (nSPS) is 47.3. The first-order chi connectivity index (χ1) is 17.5. The number of hydrogen-bond acceptors (Lipinski definition) is 6. The summed E-state index contributed by atoms with van der Waals surface area (Å²) < 4.78 is 5.87. The van der Waals surface area contributed by atoms with E-state index in [1.54, 1.807) is 0 Å². The number of allylic oxidation sites excluding steroid dienone is 2. The van der Waals surface area contributed by atoms with Gasteiger partial charge in [0.2, 0.25) is 0 Å². The number of aliphatic hydroxyl groups excluding tert-OH is 2. The fourth-order valence-electron chi connectivity index (χ4n) is 9.91. The second kappa shape index (κ2) is 9.74. The zero-order valence-corrected chi connectivity index (χ0v) is 24.3. The molecule has 0 saturated heterocycles. The van der Waals surface area contributed by atoms with E-state index in [9.17, 15) is 24.9 Å². The smallest absolute Gasteiger partial charge is 0.331 e. The minimum Gasteiger partial charge on any atom is -0.478 e. The quantitative estimate of drug-likeness (QED) is 0.229. The van der Waals surface area contributed by atoms with Crippen LogP contribution in [0.15, 0.2) is 22.8 Å². The molecule has 0 aliphatic heterocycles. The molecular formula is C31H49NO6. The Morgan fingerprint density at radius 3 is 2.29 bits per heavy atom. The average Bonchev–Trinajstić information content (AvgIpc) is 3.05. The maximum atomic E-state index is 12.6. The number of aliphatic carboxylic acids is 1. The van der Waals surface area contributed by atoms with Gasteiger partial charge in [0, 0.05) is 18.0 Å². The van der Waals surface area contributed by atoms with E-state index in [2.05, 4.69) is 20.8 Å². The predicted octanol–water partition coefficient (Wildman–Crippen LogP) is 4.75. The Bertz CT molecular complexity index is 1040. The second-order valence-electron chi connectivity index (χ2n) is 14.0. The molecule has 7 heteroatoms. The van der Waals surface area contributed by atoms with E-state index >= 15 is 0 Å². The first kappa shape index (κ1) is 29.3. The summed E-state index contributed by atoms with van der Waals surface area (Å²) in [6.07, 6.45) is 5.23. The molecule has 4 rings (SSSR count). The standard InChI is InChI=1S/C31H49NO6/c1-17(2)9-8-10-19(27(36)37)25-20-15-21(34)26-28(4)13-12-24(35)31(7,32)23(28)11-14-29(26,5)30(20,6)16-22(25)38-18(3)33/h9,20-24,26,34-35H,8,10-16,32H2,1-7H3,(H,36,37)/b25-19-/t20-,21+,22-,23+,24+,26-,28-,29-,30-,31+/m0/s1. The van der Waals surface area contributed by atoms with Crippen molar-refractivity contribution in [3.8, 4) is 0 Å². The largest absolute Gasteiger partial charge is 0.478 e. The van der Waals surface area contributed by atoms with Crippen molar-refractivity contribution in [2.75, 3.05) is 0 Å². The van der Waals surface area contributed by atoms with E-state index in [4.69, 9.17) is 10.5 Å². The number of carboxylic acid groups (broad SMARTS) is 1. The van der Waals surface area contributed by atoms with Gasteiger partial charge in [-0.15, -0.1) is 0 Å². The Kier molecular flexibility index (Phi) is 7.51. The SMILES string of the molecule is CC(=O)O[C@H]1C[C@@]2(C)[C@@H](C[C@@H](O)[C@H]3[C@@]4(C)CC[C@@H](O)[C@](C)(N)[C@@H]4CC[C@@]32C)/C1=C(\CCC=C(C)C)C(=O)O. The predicted molar refractivity (Wildman–Crippen MR) is 146 cm³/mol. The molecule has 4 fully saturated rings. The monoisotopic (exact) mass is 531 g/mol. The summed E-state index contributed by atoms with van der Waals surface area (Å²) in [7, 11) is 0. The topological polar surface area (TPSA) is 130 Å². The number of ether oxygens (including phenoxy) is 1. The lowest BCUT2D eigenvalue weighted by molar-refractivity contribution is -0.237. The average molecular weight is 532 g/mol. The number of nitrogens with two attached hydrogens (primary N) is 1. The van der Waals surface area contributed by atoms with Crippen molar-refractivity contribution in [1.29, 1.82) is 0 Å². The molecule has 0 unspecified atom stereocenters. The van der Waals surface area contributed by atoms with Crippen LogP contribution in [-0.4, -0.2) is 51.1 Å². The van der Waals surface area contributed by atoms with Crippen LogP contribution in [0.4, 0.5) is 0 Å². The van der Waals surface area contributed by atoms with Crippen LogP contribution >= 0.6 is 0 Å². The summed E-state index contributed by atoms with van der Waals surface area (Å²) in [6, 6.07) is 0. The summed E-state index contributed by atoms with van der Waals surface area (Å²) in [5.74, 6) is -1.56. The van der Waals surface area contributed by atoms with Crippen LogP contribution in [0, 0.1) is 34.0 Å². The van der Waals surface area contributed by atoms with Crippen molar-refractivity contribution >= 4 is 11.9 Å². The Hall–Kier alpha value is -1.70. The number of carboxylic acids is 1. The zero-order valence-electron chi connectivity index (χ0n) is 24.3. The summed E-state index contributed by atoms with van der Waals surface area (Å²) >= 11 is 0. The third-order valence-electron chi connectivity index (χ3n) is 11.7. The van der Waals surface area contributed by atoms with Gasteiger partial charge in [-0.3, -0.25) is 4.79 Å². The molecule has 5 N–H and O–H groups in total. The highest BCUT2D eigenvalue weighted by Gasteiger charge is 2.72. The van der Waals surface area contributed by atoms with Gasteiger partial charge in [-0.1, -0.05) is 32.4 Å². The number of aliphatic hydroxyl groups is 2. The van der Waals surface area contributed by atoms with E-state index in [0.717, 1.165) is 24.8 Å². The Morgan fingerprint density at radius 1 is 1.05 bits per heavy atom. The third-order valence-corrected chi connectivity index (χ3v) is 11.7. The summed E-state index contributed by atoms with van der Waals surface area (Å²) in [5, 5.41) is 33.1. The number of esters is 1. The molecule has 4 aliphatic rings. The molecule has 38 heavy (non-hydrogen) atoms. The number of fused-ring (bicyclic) bond motifs is 5. The molecule has 0 amide bonds. The molecule has 0 aromatic carbocycles. The lowest BCUT2D eigenvalue weighted by Crippen LogP contribution is -2.71. The van der Waals surface area contributed by atoms with Crippen LogP contribution in [0.5, 0.6) is 0 Å². The molecule has 4 saturated carbocycles. The van der Waals surface area contributed by atoms with E-state index in [1.165, 1.54) is 6.92 Å². The zero-order chi connectivity index (χ0) is 28.4. The van der Waals surface area contributed by atoms with E-state index in [1.807, 2.05) is 26.8 Å². The first-order valence-corrected chi connectivity index (χ1v) is 14.4. The number of rotatable bonds is 5. The van der Waals surface area contributed by atoms with Crippen molar-refractivity contribution in [2.45, 2.75) is 124 Å². The van der Waals surface area contributed by atoms with Gasteiger partial charge < -0.3 is 25.8 Å². The number of carbonyl (C=O) groups is 2. The molecule has 0 heterocycles.